The van der Waals surface area contributed by atoms with Gasteiger partial charge in [0.1, 0.15) is 0 Å². The zero-order chi connectivity index (χ0) is 15.0. The molecule has 0 aromatic carbocycles. The first-order chi connectivity index (χ1) is 10.1. The Morgan fingerprint density at radius 3 is 2.24 bits per heavy atom. The molecule has 2 saturated carbocycles. The van der Waals surface area contributed by atoms with E-state index in [1.54, 1.807) is 7.05 Å². The van der Waals surface area contributed by atoms with Crippen molar-refractivity contribution in [1.82, 2.24) is 4.90 Å². The van der Waals surface area contributed by atoms with E-state index in [0.717, 1.165) is 38.0 Å². The Kier molecular flexibility index (Phi) is 4.34. The molecule has 0 N–H and O–H groups in total. The molecule has 1 aliphatic heterocycles. The molecule has 0 radical (unpaired) electrons. The molecule has 21 heavy (non-hydrogen) atoms. The summed E-state index contributed by atoms with van der Waals surface area (Å²) in [5.74, 6) is 0.717. The quantitative estimate of drug-likeness (QED) is 0.752. The lowest BCUT2D eigenvalue weighted by molar-refractivity contribution is -0.138. The highest BCUT2D eigenvalue weighted by atomic mass is 16.5. The fraction of sp³-hybridized carbons (Fsp3) is 0.882. The number of carbonyl (C=O) groups excluding carboxylic acids is 2. The maximum atomic E-state index is 12.1. The Labute approximate surface area is 127 Å². The summed E-state index contributed by atoms with van der Waals surface area (Å²) in [7, 11) is 1.62. The van der Waals surface area contributed by atoms with Gasteiger partial charge in [0.25, 0.3) is 0 Å². The third-order valence-corrected chi connectivity index (χ3v) is 5.85. The number of amides is 2. The zero-order valence-electron chi connectivity index (χ0n) is 13.2. The van der Waals surface area contributed by atoms with Crippen LogP contribution < -0.4 is 0 Å². The highest BCUT2D eigenvalue weighted by molar-refractivity contribution is 6.04. The van der Waals surface area contributed by atoms with Gasteiger partial charge in [0.15, 0.2) is 0 Å². The lowest BCUT2D eigenvalue weighted by Gasteiger charge is -2.34. The molecule has 3 rings (SSSR count). The second kappa shape index (κ2) is 6.07. The summed E-state index contributed by atoms with van der Waals surface area (Å²) in [6, 6.07) is 0. The van der Waals surface area contributed by atoms with Gasteiger partial charge in [0.05, 0.1) is 24.0 Å². The summed E-state index contributed by atoms with van der Waals surface area (Å²) < 4.78 is 6.27. The molecule has 2 aliphatic carbocycles. The first-order valence-electron chi connectivity index (χ1n) is 8.57. The molecular weight excluding hydrogens is 266 g/mol. The molecule has 3 fully saturated rings. The number of carbonyl (C=O) groups is 2. The van der Waals surface area contributed by atoms with Gasteiger partial charge >= 0.3 is 0 Å². The largest absolute Gasteiger partial charge is 0.375 e. The van der Waals surface area contributed by atoms with E-state index in [4.69, 9.17) is 4.74 Å². The molecule has 3 unspecified atom stereocenters. The van der Waals surface area contributed by atoms with Gasteiger partial charge in [0.2, 0.25) is 11.8 Å². The summed E-state index contributed by atoms with van der Waals surface area (Å²) in [4.78, 5) is 25.4. The van der Waals surface area contributed by atoms with Gasteiger partial charge in [-0.15, -0.1) is 0 Å². The fourth-order valence-electron chi connectivity index (χ4n) is 4.38. The van der Waals surface area contributed by atoms with Crippen LogP contribution in [0.4, 0.5) is 0 Å². The fourth-order valence-corrected chi connectivity index (χ4v) is 4.38. The van der Waals surface area contributed by atoms with Crippen molar-refractivity contribution in [3.8, 4) is 0 Å². The van der Waals surface area contributed by atoms with Crippen molar-refractivity contribution in [2.75, 3.05) is 7.05 Å². The summed E-state index contributed by atoms with van der Waals surface area (Å²) in [5, 5.41) is 0. The van der Waals surface area contributed by atoms with Crippen LogP contribution in [-0.4, -0.2) is 36.0 Å². The highest BCUT2D eigenvalue weighted by Gasteiger charge is 2.49. The van der Waals surface area contributed by atoms with E-state index < -0.39 is 0 Å². The second-order valence-electron chi connectivity index (χ2n) is 7.07. The van der Waals surface area contributed by atoms with Crippen molar-refractivity contribution in [2.45, 2.75) is 70.5 Å². The molecule has 0 bridgehead atoms. The number of hydrogen-bond donors (Lipinski definition) is 0. The molecule has 4 heteroatoms. The summed E-state index contributed by atoms with van der Waals surface area (Å²) in [6.45, 7) is 2.27. The van der Waals surface area contributed by atoms with Crippen LogP contribution in [0.15, 0.2) is 0 Å². The maximum Gasteiger partial charge on any atom is 0.232 e. The number of fused-ring (bicyclic) bond motifs is 1. The van der Waals surface area contributed by atoms with Gasteiger partial charge in [0, 0.05) is 7.05 Å². The number of hydrogen-bond acceptors (Lipinski definition) is 3. The Bertz CT molecular complexity index is 414. The Morgan fingerprint density at radius 1 is 0.952 bits per heavy atom. The summed E-state index contributed by atoms with van der Waals surface area (Å²) >= 11 is 0. The molecule has 0 aromatic heterocycles. The lowest BCUT2D eigenvalue weighted by atomic mass is 9.79. The number of ether oxygens (including phenoxy) is 1. The van der Waals surface area contributed by atoms with Crippen LogP contribution in [0, 0.1) is 17.8 Å². The van der Waals surface area contributed by atoms with Gasteiger partial charge in [-0.3, -0.25) is 14.5 Å². The second-order valence-corrected chi connectivity index (χ2v) is 7.07. The van der Waals surface area contributed by atoms with Crippen LogP contribution >= 0.6 is 0 Å². The maximum absolute atomic E-state index is 12.1. The van der Waals surface area contributed by atoms with E-state index in [-0.39, 0.29) is 29.8 Å². The van der Waals surface area contributed by atoms with Crippen molar-refractivity contribution in [3.05, 3.63) is 0 Å². The van der Waals surface area contributed by atoms with E-state index >= 15 is 0 Å². The smallest absolute Gasteiger partial charge is 0.232 e. The first kappa shape index (κ1) is 15.0. The van der Waals surface area contributed by atoms with Crippen molar-refractivity contribution >= 4 is 11.8 Å². The van der Waals surface area contributed by atoms with Crippen LogP contribution in [0.2, 0.25) is 0 Å². The summed E-state index contributed by atoms with van der Waals surface area (Å²) in [5.41, 5.74) is 0. The van der Waals surface area contributed by atoms with E-state index in [0.29, 0.717) is 6.10 Å². The highest BCUT2D eigenvalue weighted by Crippen LogP contribution is 2.40. The van der Waals surface area contributed by atoms with Crippen LogP contribution in [-0.2, 0) is 14.3 Å². The first-order valence-corrected chi connectivity index (χ1v) is 8.57. The Morgan fingerprint density at radius 2 is 1.57 bits per heavy atom. The van der Waals surface area contributed by atoms with Gasteiger partial charge in [-0.05, 0) is 50.9 Å². The Balaban J connectivity index is 1.53. The molecule has 1 saturated heterocycles. The van der Waals surface area contributed by atoms with Crippen molar-refractivity contribution < 1.29 is 14.3 Å². The molecule has 2 amide bonds. The van der Waals surface area contributed by atoms with E-state index in [1.165, 1.54) is 24.2 Å². The topological polar surface area (TPSA) is 46.6 Å². The van der Waals surface area contributed by atoms with Crippen LogP contribution in [0.5, 0.6) is 0 Å². The predicted octanol–water partition coefficient (Wildman–Crippen LogP) is 2.76. The Hall–Kier alpha value is -0.900. The van der Waals surface area contributed by atoms with Crippen molar-refractivity contribution in [3.63, 3.8) is 0 Å². The zero-order valence-corrected chi connectivity index (χ0v) is 13.2. The van der Waals surface area contributed by atoms with E-state index in [2.05, 4.69) is 6.92 Å². The van der Waals surface area contributed by atoms with Crippen LogP contribution in [0.25, 0.3) is 0 Å². The van der Waals surface area contributed by atoms with Crippen LogP contribution in [0.1, 0.15) is 58.3 Å². The molecule has 118 valence electrons. The molecular formula is C17H27NO3. The van der Waals surface area contributed by atoms with Crippen molar-refractivity contribution in [2.24, 2.45) is 17.8 Å². The van der Waals surface area contributed by atoms with E-state index in [9.17, 15) is 9.59 Å². The minimum atomic E-state index is -0.117. The molecule has 0 aromatic rings. The number of rotatable bonds is 3. The predicted molar refractivity (Wildman–Crippen MR) is 79.5 cm³/mol. The molecule has 1 heterocycles. The lowest BCUT2D eigenvalue weighted by Crippen LogP contribution is -2.35. The SMILES string of the molecule is CCC1CCC(OC2CCC3C(=O)N(C)C(=O)C3C2)CC1. The monoisotopic (exact) mass is 293 g/mol. The molecule has 3 aliphatic rings. The minimum Gasteiger partial charge on any atom is -0.375 e. The standard InChI is InChI=1S/C17H27NO3/c1-3-11-4-6-12(7-5-11)21-13-8-9-14-15(10-13)17(20)18(2)16(14)19/h11-15H,3-10H2,1-2H3. The van der Waals surface area contributed by atoms with Crippen molar-refractivity contribution in [1.29, 1.82) is 0 Å². The van der Waals surface area contributed by atoms with Gasteiger partial charge in [-0.25, -0.2) is 0 Å². The van der Waals surface area contributed by atoms with Crippen LogP contribution in [0.3, 0.4) is 0 Å². The van der Waals surface area contributed by atoms with Gasteiger partial charge in [-0.2, -0.15) is 0 Å². The average molecular weight is 293 g/mol. The summed E-state index contributed by atoms with van der Waals surface area (Å²) in [6.07, 6.45) is 9.20. The molecule has 0 spiro atoms. The normalized spacial score (nSPS) is 40.5. The third-order valence-electron chi connectivity index (χ3n) is 5.85. The van der Waals surface area contributed by atoms with Gasteiger partial charge in [-0.1, -0.05) is 13.3 Å². The number of likely N-dealkylation sites (tertiary alicyclic amines) is 1. The van der Waals surface area contributed by atoms with E-state index in [1.807, 2.05) is 0 Å². The van der Waals surface area contributed by atoms with Gasteiger partial charge < -0.3 is 4.74 Å². The minimum absolute atomic E-state index is 0.00740. The molecule has 4 nitrogen and oxygen atoms in total. The molecule has 3 atom stereocenters. The number of imide groups is 1. The third kappa shape index (κ3) is 2.87. The number of nitrogens with zero attached hydrogens (tertiary/aromatic N) is 1. The average Bonchev–Trinajstić information content (AvgIpc) is 2.73.